The second kappa shape index (κ2) is 1.98. The minimum atomic E-state index is 0.567. The number of hydrogen-bond acceptors (Lipinski definition) is 4. The van der Waals surface area contributed by atoms with Gasteiger partial charge in [0.15, 0.2) is 0 Å². The molecule has 1 N–H and O–H groups in total. The summed E-state index contributed by atoms with van der Waals surface area (Å²) in [6, 6.07) is 3.66. The summed E-state index contributed by atoms with van der Waals surface area (Å²) in [7, 11) is 0. The Morgan fingerprint density at radius 3 is 3.40 bits per heavy atom. The first-order valence-electron chi connectivity index (χ1n) is 2.86. The Morgan fingerprint density at radius 1 is 1.50 bits per heavy atom. The Balaban J connectivity index is 2.47. The number of ether oxygens (including phenoxy) is 1. The second-order valence-corrected chi connectivity index (χ2v) is 1.82. The quantitative estimate of drug-likeness (QED) is 0.573. The smallest absolute Gasteiger partial charge is 0.245 e. The van der Waals surface area contributed by atoms with Crippen LogP contribution in [0.3, 0.4) is 0 Å². The van der Waals surface area contributed by atoms with Gasteiger partial charge in [-0.05, 0) is 12.1 Å². The predicted molar refractivity (Wildman–Crippen MR) is 37.0 cm³/mol. The molecule has 4 nitrogen and oxygen atoms in total. The van der Waals surface area contributed by atoms with Gasteiger partial charge >= 0.3 is 0 Å². The highest BCUT2D eigenvalue weighted by atomic mass is 16.5. The van der Waals surface area contributed by atoms with Crippen molar-refractivity contribution in [3.05, 3.63) is 18.3 Å². The predicted octanol–water partition coefficient (Wildman–Crippen LogP) is 0.829. The van der Waals surface area contributed by atoms with Crippen LogP contribution in [-0.4, -0.2) is 11.4 Å². The van der Waals surface area contributed by atoms with Gasteiger partial charge in [0, 0.05) is 6.20 Å². The molecule has 2 rings (SSSR count). The molecule has 4 heteroatoms. The van der Waals surface area contributed by atoms with Crippen LogP contribution in [0.5, 0.6) is 5.88 Å². The molecule has 1 aliphatic rings. The van der Waals surface area contributed by atoms with Gasteiger partial charge in [0.2, 0.25) is 12.3 Å². The topological polar surface area (TPSA) is 46.5 Å². The van der Waals surface area contributed by atoms with Gasteiger partial charge in [0.1, 0.15) is 5.69 Å². The minimum absolute atomic E-state index is 0.567. The Bertz CT molecular complexity index is 244. The summed E-state index contributed by atoms with van der Waals surface area (Å²) in [6.07, 6.45) is 2.98. The van der Waals surface area contributed by atoms with E-state index in [4.69, 9.17) is 4.74 Å². The molecule has 0 atom stereocenters. The summed E-state index contributed by atoms with van der Waals surface area (Å²) in [5, 5.41) is 3.68. The van der Waals surface area contributed by atoms with E-state index < -0.39 is 0 Å². The van der Waals surface area contributed by atoms with Gasteiger partial charge < -0.3 is 4.74 Å². The lowest BCUT2D eigenvalue weighted by Gasteiger charge is -2.08. The number of nitrogens with one attached hydrogen (secondary N) is 1. The van der Waals surface area contributed by atoms with Crippen LogP contribution in [0.4, 0.5) is 5.69 Å². The normalized spacial score (nSPS) is 13.2. The summed E-state index contributed by atoms with van der Waals surface area (Å²) in [4.78, 5) is 3.94. The third-order valence-corrected chi connectivity index (χ3v) is 1.17. The van der Waals surface area contributed by atoms with Crippen molar-refractivity contribution in [2.24, 2.45) is 5.10 Å². The van der Waals surface area contributed by atoms with E-state index in [0.717, 1.165) is 5.69 Å². The van der Waals surface area contributed by atoms with Gasteiger partial charge in [0.25, 0.3) is 0 Å². The fraction of sp³-hybridized carbons (Fsp3) is 0. The van der Waals surface area contributed by atoms with Crippen LogP contribution >= 0.6 is 0 Å². The molecule has 1 aromatic rings. The average molecular weight is 135 g/mol. The number of hydrogen-bond donors (Lipinski definition) is 1. The summed E-state index contributed by atoms with van der Waals surface area (Å²) in [5.41, 5.74) is 3.54. The largest absolute Gasteiger partial charge is 0.424 e. The third-order valence-electron chi connectivity index (χ3n) is 1.17. The number of pyridine rings is 1. The monoisotopic (exact) mass is 135 g/mol. The highest BCUT2D eigenvalue weighted by Gasteiger charge is 2.04. The Kier molecular flexibility index (Phi) is 1.04. The maximum Gasteiger partial charge on any atom is 0.245 e. The number of anilines is 1. The zero-order chi connectivity index (χ0) is 6.81. The van der Waals surface area contributed by atoms with Gasteiger partial charge in [-0.25, -0.2) is 4.98 Å². The molecule has 0 fully saturated rings. The van der Waals surface area contributed by atoms with Crippen LogP contribution in [0.25, 0.3) is 0 Å². The number of hydrazone groups is 1. The molecule has 1 aromatic heterocycles. The summed E-state index contributed by atoms with van der Waals surface area (Å²) < 4.78 is 4.96. The number of aromatic nitrogens is 1. The maximum atomic E-state index is 4.96. The van der Waals surface area contributed by atoms with E-state index in [1.54, 1.807) is 6.20 Å². The van der Waals surface area contributed by atoms with Crippen molar-refractivity contribution in [1.29, 1.82) is 0 Å². The molecule has 0 aliphatic carbocycles. The molecule has 2 heterocycles. The van der Waals surface area contributed by atoms with E-state index in [0.29, 0.717) is 5.88 Å². The highest BCUT2D eigenvalue weighted by Crippen LogP contribution is 2.21. The molecule has 0 amide bonds. The van der Waals surface area contributed by atoms with E-state index in [-0.39, 0.29) is 0 Å². The average Bonchev–Trinajstić information content (AvgIpc) is 2.05. The van der Waals surface area contributed by atoms with Crippen molar-refractivity contribution < 1.29 is 4.74 Å². The van der Waals surface area contributed by atoms with Crippen molar-refractivity contribution in [2.75, 3.05) is 5.43 Å². The van der Waals surface area contributed by atoms with E-state index >= 15 is 0 Å². The number of nitrogens with zero attached hydrogens (tertiary/aromatic N) is 2. The molecular formula is C6H5N3O. The fourth-order valence-corrected chi connectivity index (χ4v) is 0.742. The van der Waals surface area contributed by atoms with E-state index in [1.165, 1.54) is 6.40 Å². The molecule has 0 bridgehead atoms. The van der Waals surface area contributed by atoms with Crippen LogP contribution in [0.1, 0.15) is 0 Å². The lowest BCUT2D eigenvalue weighted by Crippen LogP contribution is -2.04. The van der Waals surface area contributed by atoms with Gasteiger partial charge in [-0.3, -0.25) is 5.43 Å². The maximum absolute atomic E-state index is 4.96. The van der Waals surface area contributed by atoms with Crippen LogP contribution < -0.4 is 10.2 Å². The van der Waals surface area contributed by atoms with Crippen LogP contribution in [0.15, 0.2) is 23.4 Å². The minimum Gasteiger partial charge on any atom is -0.424 e. The Morgan fingerprint density at radius 2 is 2.50 bits per heavy atom. The van der Waals surface area contributed by atoms with Crippen LogP contribution in [-0.2, 0) is 0 Å². The third kappa shape index (κ3) is 0.699. The van der Waals surface area contributed by atoms with Gasteiger partial charge in [-0.15, -0.1) is 5.10 Å². The second-order valence-electron chi connectivity index (χ2n) is 1.82. The van der Waals surface area contributed by atoms with Crippen molar-refractivity contribution in [3.63, 3.8) is 0 Å². The number of fused-ring (bicyclic) bond motifs is 1. The molecule has 0 spiro atoms. The standard InChI is InChI=1S/C6H5N3O/c1-2-5-6(7-3-1)10-4-8-9-5/h1-4,9H. The van der Waals surface area contributed by atoms with E-state index in [1.807, 2.05) is 12.1 Å². The summed E-state index contributed by atoms with van der Waals surface area (Å²) >= 11 is 0. The molecule has 1 aliphatic heterocycles. The number of rotatable bonds is 0. The zero-order valence-corrected chi connectivity index (χ0v) is 5.11. The Labute approximate surface area is 57.5 Å². The summed E-state index contributed by atoms with van der Waals surface area (Å²) in [5.74, 6) is 0.567. The highest BCUT2D eigenvalue weighted by molar-refractivity contribution is 5.64. The Hall–Kier alpha value is -1.58. The molecule has 0 radical (unpaired) electrons. The van der Waals surface area contributed by atoms with E-state index in [2.05, 4.69) is 15.5 Å². The lowest BCUT2D eigenvalue weighted by molar-refractivity contribution is 0.541. The first kappa shape index (κ1) is 5.22. The molecule has 0 saturated heterocycles. The molecule has 0 aromatic carbocycles. The first-order chi connectivity index (χ1) is 4.97. The first-order valence-corrected chi connectivity index (χ1v) is 2.86. The van der Waals surface area contributed by atoms with Gasteiger partial charge in [0.05, 0.1) is 0 Å². The fourth-order valence-electron chi connectivity index (χ4n) is 0.742. The van der Waals surface area contributed by atoms with Gasteiger partial charge in [-0.2, -0.15) is 0 Å². The van der Waals surface area contributed by atoms with Crippen molar-refractivity contribution >= 4 is 12.1 Å². The van der Waals surface area contributed by atoms with Crippen molar-refractivity contribution in [2.45, 2.75) is 0 Å². The molecule has 0 unspecified atom stereocenters. The molecular weight excluding hydrogens is 130 g/mol. The van der Waals surface area contributed by atoms with Crippen molar-refractivity contribution in [3.8, 4) is 5.88 Å². The zero-order valence-electron chi connectivity index (χ0n) is 5.11. The van der Waals surface area contributed by atoms with Gasteiger partial charge in [-0.1, -0.05) is 0 Å². The molecule has 10 heavy (non-hydrogen) atoms. The van der Waals surface area contributed by atoms with Crippen LogP contribution in [0, 0.1) is 0 Å². The van der Waals surface area contributed by atoms with Crippen molar-refractivity contribution in [1.82, 2.24) is 4.98 Å². The molecule has 0 saturated carbocycles. The van der Waals surface area contributed by atoms with Crippen LogP contribution in [0.2, 0.25) is 0 Å². The molecule has 50 valence electrons. The van der Waals surface area contributed by atoms with E-state index in [9.17, 15) is 0 Å². The summed E-state index contributed by atoms with van der Waals surface area (Å²) in [6.45, 7) is 0. The lowest BCUT2D eigenvalue weighted by atomic mass is 10.4. The SMILES string of the molecule is C1=NNc2cccnc2O1.